The minimum atomic E-state index is -0.0886. The van der Waals surface area contributed by atoms with E-state index in [1.807, 2.05) is 24.3 Å². The lowest BCUT2D eigenvalue weighted by atomic mass is 10.0. The Labute approximate surface area is 139 Å². The highest BCUT2D eigenvalue weighted by molar-refractivity contribution is 6.07. The molecule has 1 aromatic carbocycles. The van der Waals surface area contributed by atoms with Crippen LogP contribution in [0.5, 0.6) is 0 Å². The van der Waals surface area contributed by atoms with Crippen LogP contribution in [0.1, 0.15) is 36.0 Å². The normalized spacial score (nSPS) is 15.0. The molecule has 2 aromatic heterocycles. The predicted molar refractivity (Wildman–Crippen MR) is 93.5 cm³/mol. The van der Waals surface area contributed by atoms with Crippen molar-refractivity contribution in [1.82, 2.24) is 20.3 Å². The summed E-state index contributed by atoms with van der Waals surface area (Å²) in [6.45, 7) is 0. The molecule has 0 radical (unpaired) electrons. The van der Waals surface area contributed by atoms with Gasteiger partial charge < -0.3 is 16.0 Å². The summed E-state index contributed by atoms with van der Waals surface area (Å²) < 4.78 is 0. The van der Waals surface area contributed by atoms with E-state index in [9.17, 15) is 4.79 Å². The molecule has 6 heteroatoms. The fourth-order valence-corrected chi connectivity index (χ4v) is 3.35. The third-order valence-corrected chi connectivity index (χ3v) is 4.55. The van der Waals surface area contributed by atoms with Gasteiger partial charge in [0.2, 0.25) is 0 Å². The highest BCUT2D eigenvalue weighted by Crippen LogP contribution is 2.27. The molecule has 0 atom stereocenters. The monoisotopic (exact) mass is 321 g/mol. The third-order valence-electron chi connectivity index (χ3n) is 4.55. The lowest BCUT2D eigenvalue weighted by Crippen LogP contribution is -2.32. The summed E-state index contributed by atoms with van der Waals surface area (Å²) in [5, 5.41) is 3.13. The molecule has 0 aliphatic heterocycles. The summed E-state index contributed by atoms with van der Waals surface area (Å²) >= 11 is 0. The van der Waals surface area contributed by atoms with Gasteiger partial charge in [-0.05, 0) is 48.2 Å². The second-order valence-electron chi connectivity index (χ2n) is 6.23. The number of benzene rings is 1. The van der Waals surface area contributed by atoms with Crippen LogP contribution in [0, 0.1) is 0 Å². The number of pyridine rings is 1. The molecule has 0 bridgehead atoms. The molecule has 0 saturated heterocycles. The van der Waals surface area contributed by atoms with E-state index in [2.05, 4.69) is 20.3 Å². The number of anilines is 1. The van der Waals surface area contributed by atoms with Crippen LogP contribution in [-0.2, 0) is 0 Å². The van der Waals surface area contributed by atoms with Crippen molar-refractivity contribution in [1.29, 1.82) is 0 Å². The number of rotatable bonds is 3. The fraction of sp³-hybridized carbons (Fsp3) is 0.278. The van der Waals surface area contributed by atoms with E-state index in [1.54, 1.807) is 12.4 Å². The van der Waals surface area contributed by atoms with Gasteiger partial charge in [-0.25, -0.2) is 4.98 Å². The number of hydrogen-bond acceptors (Lipinski definition) is 4. The van der Waals surface area contributed by atoms with Crippen molar-refractivity contribution in [3.63, 3.8) is 0 Å². The van der Waals surface area contributed by atoms with Crippen LogP contribution in [0.3, 0.4) is 0 Å². The number of amides is 1. The molecule has 2 heterocycles. The van der Waals surface area contributed by atoms with Crippen molar-refractivity contribution in [2.75, 3.05) is 5.73 Å². The molecule has 1 amide bonds. The number of nitrogens with one attached hydrogen (secondary N) is 2. The second-order valence-corrected chi connectivity index (χ2v) is 6.23. The zero-order valence-corrected chi connectivity index (χ0v) is 13.2. The second kappa shape index (κ2) is 5.96. The van der Waals surface area contributed by atoms with Gasteiger partial charge in [0.15, 0.2) is 5.95 Å². The summed E-state index contributed by atoms with van der Waals surface area (Å²) in [5.41, 5.74) is 9.66. The number of hydrogen-bond donors (Lipinski definition) is 3. The number of aromatic nitrogens is 3. The minimum Gasteiger partial charge on any atom is -0.369 e. The maximum Gasteiger partial charge on any atom is 0.253 e. The van der Waals surface area contributed by atoms with E-state index in [1.165, 1.54) is 12.8 Å². The minimum absolute atomic E-state index is 0.0886. The summed E-state index contributed by atoms with van der Waals surface area (Å²) in [6.07, 6.45) is 7.90. The summed E-state index contributed by atoms with van der Waals surface area (Å²) in [6, 6.07) is 7.93. The van der Waals surface area contributed by atoms with Gasteiger partial charge in [-0.1, -0.05) is 12.8 Å². The molecule has 1 aliphatic carbocycles. The van der Waals surface area contributed by atoms with Gasteiger partial charge in [-0.3, -0.25) is 9.78 Å². The molecule has 4 N–H and O–H groups in total. The lowest BCUT2D eigenvalue weighted by Gasteiger charge is -2.13. The molecular formula is C18H19N5O. The van der Waals surface area contributed by atoms with Crippen molar-refractivity contribution in [2.24, 2.45) is 0 Å². The Balaban J connectivity index is 1.78. The molecule has 1 aliphatic rings. The molecule has 122 valence electrons. The van der Waals surface area contributed by atoms with E-state index in [0.717, 1.165) is 29.5 Å². The fourth-order valence-electron chi connectivity index (χ4n) is 3.35. The highest BCUT2D eigenvalue weighted by atomic mass is 16.1. The van der Waals surface area contributed by atoms with E-state index < -0.39 is 0 Å². The van der Waals surface area contributed by atoms with Gasteiger partial charge in [0, 0.05) is 18.4 Å². The average molecular weight is 321 g/mol. The van der Waals surface area contributed by atoms with Gasteiger partial charge in [0.05, 0.1) is 11.1 Å². The predicted octanol–water partition coefficient (Wildman–Crippen LogP) is 2.88. The SMILES string of the molecule is Nc1nc2c(C(=O)NC3CCCC3)cc(-c3ccncc3)cc2[nH]1. The van der Waals surface area contributed by atoms with Crippen molar-refractivity contribution in [3.05, 3.63) is 42.2 Å². The van der Waals surface area contributed by atoms with E-state index in [0.29, 0.717) is 17.0 Å². The number of imidazole rings is 1. The molecule has 24 heavy (non-hydrogen) atoms. The molecule has 0 spiro atoms. The van der Waals surface area contributed by atoms with Crippen LogP contribution in [0.2, 0.25) is 0 Å². The zero-order valence-electron chi connectivity index (χ0n) is 13.2. The Bertz CT molecular complexity index is 881. The van der Waals surface area contributed by atoms with Gasteiger partial charge in [-0.2, -0.15) is 0 Å². The van der Waals surface area contributed by atoms with Crippen molar-refractivity contribution < 1.29 is 4.79 Å². The topological polar surface area (TPSA) is 96.7 Å². The van der Waals surface area contributed by atoms with Gasteiger partial charge in [0.1, 0.15) is 5.52 Å². The molecule has 0 unspecified atom stereocenters. The molecule has 1 saturated carbocycles. The van der Waals surface area contributed by atoms with Crippen LogP contribution in [0.15, 0.2) is 36.7 Å². The van der Waals surface area contributed by atoms with Crippen LogP contribution in [-0.4, -0.2) is 26.9 Å². The maximum absolute atomic E-state index is 12.8. The Hall–Kier alpha value is -2.89. The smallest absolute Gasteiger partial charge is 0.253 e. The summed E-state index contributed by atoms with van der Waals surface area (Å²) in [7, 11) is 0. The third kappa shape index (κ3) is 2.71. The van der Waals surface area contributed by atoms with Crippen molar-refractivity contribution in [2.45, 2.75) is 31.7 Å². The Morgan fingerprint density at radius 1 is 1.17 bits per heavy atom. The number of nitrogen functional groups attached to an aromatic ring is 1. The number of H-pyrrole nitrogens is 1. The first-order valence-corrected chi connectivity index (χ1v) is 8.21. The molecule has 6 nitrogen and oxygen atoms in total. The summed E-state index contributed by atoms with van der Waals surface area (Å²) in [4.78, 5) is 24.2. The van der Waals surface area contributed by atoms with E-state index in [-0.39, 0.29) is 11.9 Å². The Morgan fingerprint density at radius 2 is 1.92 bits per heavy atom. The van der Waals surface area contributed by atoms with E-state index >= 15 is 0 Å². The number of carbonyl (C=O) groups excluding carboxylic acids is 1. The van der Waals surface area contributed by atoms with Gasteiger partial charge in [-0.15, -0.1) is 0 Å². The highest BCUT2D eigenvalue weighted by Gasteiger charge is 2.21. The first kappa shape index (κ1) is 14.7. The number of nitrogens with zero attached hydrogens (tertiary/aromatic N) is 2. The first-order valence-electron chi connectivity index (χ1n) is 8.21. The number of nitrogens with two attached hydrogens (primary N) is 1. The number of carbonyl (C=O) groups is 1. The van der Waals surface area contributed by atoms with E-state index in [4.69, 9.17) is 5.73 Å². The van der Waals surface area contributed by atoms with Crippen LogP contribution < -0.4 is 11.1 Å². The Morgan fingerprint density at radius 3 is 2.67 bits per heavy atom. The molecule has 1 fully saturated rings. The van der Waals surface area contributed by atoms with Crippen molar-refractivity contribution >= 4 is 22.9 Å². The Kier molecular flexibility index (Phi) is 3.65. The first-order chi connectivity index (χ1) is 11.7. The van der Waals surface area contributed by atoms with Crippen LogP contribution in [0.25, 0.3) is 22.2 Å². The van der Waals surface area contributed by atoms with Gasteiger partial charge >= 0.3 is 0 Å². The van der Waals surface area contributed by atoms with Crippen LogP contribution in [0.4, 0.5) is 5.95 Å². The lowest BCUT2D eigenvalue weighted by molar-refractivity contribution is 0.0939. The van der Waals surface area contributed by atoms with Crippen LogP contribution >= 0.6 is 0 Å². The standard InChI is InChI=1S/C18H19N5O/c19-18-22-15-10-12(11-5-7-20-8-6-11)9-14(16(15)23-18)17(24)21-13-3-1-2-4-13/h5-10,13H,1-4H2,(H,21,24)(H3,19,22,23). The zero-order chi connectivity index (χ0) is 16.5. The van der Waals surface area contributed by atoms with Gasteiger partial charge in [0.25, 0.3) is 5.91 Å². The molecule has 3 aromatic rings. The summed E-state index contributed by atoms with van der Waals surface area (Å²) in [5.74, 6) is 0.223. The maximum atomic E-state index is 12.8. The van der Waals surface area contributed by atoms with Crippen molar-refractivity contribution in [3.8, 4) is 11.1 Å². The number of fused-ring (bicyclic) bond motifs is 1. The quantitative estimate of drug-likeness (QED) is 0.691. The average Bonchev–Trinajstić information content (AvgIpc) is 3.22. The molecular weight excluding hydrogens is 302 g/mol. The largest absolute Gasteiger partial charge is 0.369 e. The number of aromatic amines is 1. The molecule has 4 rings (SSSR count).